The van der Waals surface area contributed by atoms with Crippen LogP contribution in [0.15, 0.2) is 30.3 Å². The fourth-order valence-corrected chi connectivity index (χ4v) is 2.27. The first kappa shape index (κ1) is 14.2. The Hall–Kier alpha value is -1.82. The number of hydrogen-bond donors (Lipinski definition) is 1. The number of nitriles is 1. The highest BCUT2D eigenvalue weighted by atomic mass is 16.4. The molecule has 0 aliphatic rings. The Kier molecular flexibility index (Phi) is 4.91. The maximum atomic E-state index is 10.6. The first-order valence-electron chi connectivity index (χ1n) is 6.21. The summed E-state index contributed by atoms with van der Waals surface area (Å²) < 4.78 is 0. The zero-order valence-corrected chi connectivity index (χ0v) is 10.9. The van der Waals surface area contributed by atoms with Crippen molar-refractivity contribution in [1.29, 1.82) is 5.26 Å². The van der Waals surface area contributed by atoms with E-state index >= 15 is 0 Å². The van der Waals surface area contributed by atoms with E-state index in [1.165, 1.54) is 0 Å². The van der Waals surface area contributed by atoms with Gasteiger partial charge in [0.2, 0.25) is 0 Å². The van der Waals surface area contributed by atoms with Gasteiger partial charge in [0.1, 0.15) is 0 Å². The molecule has 1 unspecified atom stereocenters. The Morgan fingerprint density at radius 2 is 2.00 bits per heavy atom. The van der Waals surface area contributed by atoms with Crippen molar-refractivity contribution < 1.29 is 9.90 Å². The van der Waals surface area contributed by atoms with Crippen LogP contribution in [0, 0.1) is 17.2 Å². The monoisotopic (exact) mass is 245 g/mol. The second-order valence-corrected chi connectivity index (χ2v) is 4.85. The van der Waals surface area contributed by atoms with Gasteiger partial charge < -0.3 is 5.11 Å². The lowest BCUT2D eigenvalue weighted by Gasteiger charge is -2.31. The largest absolute Gasteiger partial charge is 0.481 e. The molecule has 0 saturated carbocycles. The topological polar surface area (TPSA) is 61.1 Å². The summed E-state index contributed by atoms with van der Waals surface area (Å²) in [6, 6.07) is 12.1. The molecule has 0 radical (unpaired) electrons. The summed E-state index contributed by atoms with van der Waals surface area (Å²) in [5, 5.41) is 18.3. The minimum Gasteiger partial charge on any atom is -0.481 e. The van der Waals surface area contributed by atoms with Crippen LogP contribution in [0.25, 0.3) is 0 Å². The smallest absolute Gasteiger partial charge is 0.303 e. The summed E-state index contributed by atoms with van der Waals surface area (Å²) in [4.78, 5) is 10.6. The van der Waals surface area contributed by atoms with Gasteiger partial charge in [-0.05, 0) is 24.3 Å². The maximum Gasteiger partial charge on any atom is 0.303 e. The lowest BCUT2D eigenvalue weighted by atomic mass is 9.69. The number of nitrogens with zero attached hydrogens (tertiary/aromatic N) is 1. The fraction of sp³-hybridized carbons (Fsp3) is 0.467. The molecule has 0 bridgehead atoms. The quantitative estimate of drug-likeness (QED) is 0.835. The van der Waals surface area contributed by atoms with E-state index in [2.05, 4.69) is 6.07 Å². The number of benzene rings is 1. The molecule has 0 fully saturated rings. The van der Waals surface area contributed by atoms with Crippen molar-refractivity contribution in [3.8, 4) is 6.07 Å². The summed E-state index contributed by atoms with van der Waals surface area (Å²) in [6.45, 7) is 4.02. The van der Waals surface area contributed by atoms with Crippen LogP contribution in [-0.2, 0) is 10.2 Å². The van der Waals surface area contributed by atoms with Crippen molar-refractivity contribution >= 4 is 5.97 Å². The van der Waals surface area contributed by atoms with E-state index in [-0.39, 0.29) is 12.3 Å². The van der Waals surface area contributed by atoms with Gasteiger partial charge in [0, 0.05) is 6.42 Å². The van der Waals surface area contributed by atoms with E-state index in [1.54, 1.807) is 0 Å². The SMILES string of the molecule is CC(C)C(C#N)(CCCC(=O)O)c1ccccc1. The molecular formula is C15H19NO2. The molecule has 1 aromatic carbocycles. The molecule has 0 aliphatic carbocycles. The van der Waals surface area contributed by atoms with Crippen LogP contribution in [0.3, 0.4) is 0 Å². The number of carboxylic acid groups (broad SMARTS) is 1. The average Bonchev–Trinajstić information content (AvgIpc) is 2.35. The molecule has 0 amide bonds. The van der Waals surface area contributed by atoms with E-state index in [9.17, 15) is 10.1 Å². The summed E-state index contributed by atoms with van der Waals surface area (Å²) in [5.41, 5.74) is 0.393. The molecule has 96 valence electrons. The minimum atomic E-state index is -0.807. The van der Waals surface area contributed by atoms with Crippen molar-refractivity contribution in [3.05, 3.63) is 35.9 Å². The standard InChI is InChI=1S/C15H19NO2/c1-12(2)15(11-16,10-6-9-14(17)18)13-7-4-3-5-8-13/h3-5,7-8,12H,6,9-10H2,1-2H3,(H,17,18). The van der Waals surface area contributed by atoms with E-state index in [0.717, 1.165) is 5.56 Å². The molecule has 0 heterocycles. The third-order valence-electron chi connectivity index (χ3n) is 3.44. The Bertz CT molecular complexity index is 434. The molecule has 1 rings (SSSR count). The molecule has 3 nitrogen and oxygen atoms in total. The van der Waals surface area contributed by atoms with E-state index in [0.29, 0.717) is 12.8 Å². The van der Waals surface area contributed by atoms with Crippen LogP contribution in [0.1, 0.15) is 38.7 Å². The number of carboxylic acids is 1. The average molecular weight is 245 g/mol. The van der Waals surface area contributed by atoms with E-state index in [4.69, 9.17) is 5.11 Å². The van der Waals surface area contributed by atoms with Crippen LogP contribution in [0.4, 0.5) is 0 Å². The van der Waals surface area contributed by atoms with E-state index in [1.807, 2.05) is 44.2 Å². The Morgan fingerprint density at radius 3 is 2.44 bits per heavy atom. The molecule has 3 heteroatoms. The number of carbonyl (C=O) groups is 1. The van der Waals surface area contributed by atoms with Gasteiger partial charge in [-0.2, -0.15) is 5.26 Å². The molecule has 1 atom stereocenters. The highest BCUT2D eigenvalue weighted by Gasteiger charge is 2.35. The summed E-state index contributed by atoms with van der Waals surface area (Å²) in [6.07, 6.45) is 1.22. The normalized spacial score (nSPS) is 13.9. The third-order valence-corrected chi connectivity index (χ3v) is 3.44. The molecule has 1 aromatic rings. The second kappa shape index (κ2) is 6.20. The molecule has 0 aromatic heterocycles. The molecular weight excluding hydrogens is 226 g/mol. The Balaban J connectivity index is 2.97. The third kappa shape index (κ3) is 3.10. The van der Waals surface area contributed by atoms with Crippen molar-refractivity contribution in [2.75, 3.05) is 0 Å². The van der Waals surface area contributed by atoms with E-state index < -0.39 is 11.4 Å². The predicted octanol–water partition coefficient (Wildman–Crippen LogP) is 3.36. The number of rotatable bonds is 6. The van der Waals surface area contributed by atoms with Crippen LogP contribution < -0.4 is 0 Å². The zero-order chi connectivity index (χ0) is 13.6. The highest BCUT2D eigenvalue weighted by molar-refractivity contribution is 5.66. The van der Waals surface area contributed by atoms with Gasteiger partial charge in [-0.1, -0.05) is 44.2 Å². The molecule has 0 aliphatic heterocycles. The lowest BCUT2D eigenvalue weighted by molar-refractivity contribution is -0.137. The molecule has 1 N–H and O–H groups in total. The lowest BCUT2D eigenvalue weighted by Crippen LogP contribution is -2.30. The highest BCUT2D eigenvalue weighted by Crippen LogP contribution is 2.36. The Morgan fingerprint density at radius 1 is 1.39 bits per heavy atom. The van der Waals surface area contributed by atoms with Crippen LogP contribution >= 0.6 is 0 Å². The van der Waals surface area contributed by atoms with Crippen molar-refractivity contribution in [1.82, 2.24) is 0 Å². The first-order chi connectivity index (χ1) is 8.53. The van der Waals surface area contributed by atoms with Gasteiger partial charge in [0.05, 0.1) is 11.5 Å². The van der Waals surface area contributed by atoms with Gasteiger partial charge in [0.15, 0.2) is 0 Å². The van der Waals surface area contributed by atoms with Crippen molar-refractivity contribution in [3.63, 3.8) is 0 Å². The van der Waals surface area contributed by atoms with Crippen molar-refractivity contribution in [2.24, 2.45) is 5.92 Å². The van der Waals surface area contributed by atoms with Gasteiger partial charge in [-0.15, -0.1) is 0 Å². The Labute approximate surface area is 108 Å². The number of aliphatic carboxylic acids is 1. The minimum absolute atomic E-state index is 0.114. The van der Waals surface area contributed by atoms with Gasteiger partial charge >= 0.3 is 5.97 Å². The molecule has 18 heavy (non-hydrogen) atoms. The van der Waals surface area contributed by atoms with Crippen LogP contribution in [0.2, 0.25) is 0 Å². The molecule has 0 saturated heterocycles. The maximum absolute atomic E-state index is 10.6. The second-order valence-electron chi connectivity index (χ2n) is 4.85. The van der Waals surface area contributed by atoms with Crippen molar-refractivity contribution in [2.45, 2.75) is 38.5 Å². The molecule has 0 spiro atoms. The summed E-state index contributed by atoms with van der Waals surface area (Å²) >= 11 is 0. The zero-order valence-electron chi connectivity index (χ0n) is 10.9. The van der Waals surface area contributed by atoms with Gasteiger partial charge in [0.25, 0.3) is 0 Å². The van der Waals surface area contributed by atoms with Crippen LogP contribution in [-0.4, -0.2) is 11.1 Å². The summed E-state index contributed by atoms with van der Waals surface area (Å²) in [7, 11) is 0. The van der Waals surface area contributed by atoms with Gasteiger partial charge in [-0.25, -0.2) is 0 Å². The fourth-order valence-electron chi connectivity index (χ4n) is 2.27. The first-order valence-corrected chi connectivity index (χ1v) is 6.21. The predicted molar refractivity (Wildman–Crippen MR) is 70.1 cm³/mol. The summed E-state index contributed by atoms with van der Waals surface area (Å²) in [5.74, 6) is -0.655. The number of hydrogen-bond acceptors (Lipinski definition) is 2. The van der Waals surface area contributed by atoms with Crippen LogP contribution in [0.5, 0.6) is 0 Å². The van der Waals surface area contributed by atoms with Gasteiger partial charge in [-0.3, -0.25) is 4.79 Å².